The van der Waals surface area contributed by atoms with Gasteiger partial charge in [-0.1, -0.05) is 27.7 Å². The van der Waals surface area contributed by atoms with Crippen molar-refractivity contribution in [2.45, 2.75) is 53.5 Å². The van der Waals surface area contributed by atoms with Gasteiger partial charge in [0.05, 0.1) is 0 Å². The third kappa shape index (κ3) is 7.82. The Kier molecular flexibility index (Phi) is 7.68. The fraction of sp³-hybridized carbons (Fsp3) is 0.857. The van der Waals surface area contributed by atoms with E-state index in [1.165, 1.54) is 0 Å². The molecule has 0 bridgehead atoms. The molecule has 19 heavy (non-hydrogen) atoms. The molecular formula is C14H28N2O3. The molecule has 2 atom stereocenters. The first kappa shape index (κ1) is 17.9. The van der Waals surface area contributed by atoms with Gasteiger partial charge in [-0.25, -0.2) is 0 Å². The standard InChI is InChI=1S/C14H28N2O3/c1-10(9-17)7-6-8-15-12(18)11(2)16-13(19)14(3,4)5/h10-11,17H,6-9H2,1-5H3,(H,15,18)(H,16,19). The normalized spacial score (nSPS) is 14.6. The van der Waals surface area contributed by atoms with Gasteiger partial charge in [0.2, 0.25) is 11.8 Å². The fourth-order valence-corrected chi connectivity index (χ4v) is 1.39. The molecule has 0 rings (SSSR count). The van der Waals surface area contributed by atoms with Gasteiger partial charge in [0, 0.05) is 18.6 Å². The minimum absolute atomic E-state index is 0.135. The van der Waals surface area contributed by atoms with E-state index in [1.807, 2.05) is 27.7 Å². The van der Waals surface area contributed by atoms with E-state index < -0.39 is 11.5 Å². The number of hydrogen-bond donors (Lipinski definition) is 3. The van der Waals surface area contributed by atoms with Crippen LogP contribution in [-0.2, 0) is 9.59 Å². The first-order valence-corrected chi connectivity index (χ1v) is 6.88. The Balaban J connectivity index is 3.92. The van der Waals surface area contributed by atoms with Crippen molar-refractivity contribution in [3.05, 3.63) is 0 Å². The van der Waals surface area contributed by atoms with Gasteiger partial charge >= 0.3 is 0 Å². The van der Waals surface area contributed by atoms with E-state index in [4.69, 9.17) is 5.11 Å². The molecule has 112 valence electrons. The van der Waals surface area contributed by atoms with Crippen molar-refractivity contribution >= 4 is 11.8 Å². The number of rotatable bonds is 7. The van der Waals surface area contributed by atoms with Crippen LogP contribution >= 0.6 is 0 Å². The van der Waals surface area contributed by atoms with Gasteiger partial charge in [0.1, 0.15) is 6.04 Å². The van der Waals surface area contributed by atoms with Gasteiger partial charge in [-0.05, 0) is 25.7 Å². The van der Waals surface area contributed by atoms with E-state index in [9.17, 15) is 9.59 Å². The number of nitrogens with one attached hydrogen (secondary N) is 2. The van der Waals surface area contributed by atoms with Gasteiger partial charge < -0.3 is 15.7 Å². The van der Waals surface area contributed by atoms with Gasteiger partial charge in [0.25, 0.3) is 0 Å². The lowest BCUT2D eigenvalue weighted by molar-refractivity contribution is -0.133. The lowest BCUT2D eigenvalue weighted by atomic mass is 9.95. The van der Waals surface area contributed by atoms with Crippen LogP contribution in [0.2, 0.25) is 0 Å². The molecule has 0 heterocycles. The summed E-state index contributed by atoms with van der Waals surface area (Å²) in [7, 11) is 0. The summed E-state index contributed by atoms with van der Waals surface area (Å²) in [5.74, 6) is -0.0479. The minimum atomic E-state index is -0.526. The number of carbonyl (C=O) groups excluding carboxylic acids is 2. The smallest absolute Gasteiger partial charge is 0.242 e. The third-order valence-electron chi connectivity index (χ3n) is 2.91. The summed E-state index contributed by atoms with van der Waals surface area (Å²) in [4.78, 5) is 23.5. The molecule has 2 unspecified atom stereocenters. The topological polar surface area (TPSA) is 78.4 Å². The van der Waals surface area contributed by atoms with Crippen molar-refractivity contribution in [2.75, 3.05) is 13.2 Å². The van der Waals surface area contributed by atoms with E-state index in [0.29, 0.717) is 6.54 Å². The van der Waals surface area contributed by atoms with E-state index >= 15 is 0 Å². The van der Waals surface area contributed by atoms with Crippen LogP contribution in [0.1, 0.15) is 47.5 Å². The average Bonchev–Trinajstić information content (AvgIpc) is 2.32. The number of aliphatic hydroxyl groups is 1. The molecule has 0 aliphatic heterocycles. The van der Waals surface area contributed by atoms with E-state index in [1.54, 1.807) is 6.92 Å². The third-order valence-corrected chi connectivity index (χ3v) is 2.91. The van der Waals surface area contributed by atoms with Crippen molar-refractivity contribution in [1.82, 2.24) is 10.6 Å². The molecule has 5 heteroatoms. The fourth-order valence-electron chi connectivity index (χ4n) is 1.39. The number of amides is 2. The first-order valence-electron chi connectivity index (χ1n) is 6.88. The summed E-state index contributed by atoms with van der Waals surface area (Å²) < 4.78 is 0. The molecule has 0 aliphatic rings. The zero-order valence-electron chi connectivity index (χ0n) is 12.7. The largest absolute Gasteiger partial charge is 0.396 e. The van der Waals surface area contributed by atoms with Crippen LogP contribution in [0, 0.1) is 11.3 Å². The Morgan fingerprint density at radius 1 is 1.21 bits per heavy atom. The molecular weight excluding hydrogens is 244 g/mol. The molecule has 0 spiro atoms. The second-order valence-electron chi connectivity index (χ2n) is 6.17. The van der Waals surface area contributed by atoms with Crippen LogP contribution in [0.5, 0.6) is 0 Å². The van der Waals surface area contributed by atoms with Gasteiger partial charge in [-0.3, -0.25) is 9.59 Å². The van der Waals surface area contributed by atoms with Crippen molar-refractivity contribution < 1.29 is 14.7 Å². The summed E-state index contributed by atoms with van der Waals surface area (Å²) in [5.41, 5.74) is -0.495. The van der Waals surface area contributed by atoms with Crippen molar-refractivity contribution in [1.29, 1.82) is 0 Å². The highest BCUT2D eigenvalue weighted by Gasteiger charge is 2.24. The molecule has 0 aromatic rings. The number of aliphatic hydroxyl groups excluding tert-OH is 1. The lowest BCUT2D eigenvalue weighted by Gasteiger charge is -2.21. The van der Waals surface area contributed by atoms with E-state index in [2.05, 4.69) is 10.6 Å². The highest BCUT2D eigenvalue weighted by atomic mass is 16.3. The summed E-state index contributed by atoms with van der Waals surface area (Å²) in [5, 5.41) is 14.3. The molecule has 0 aromatic carbocycles. The van der Waals surface area contributed by atoms with Gasteiger partial charge in [0.15, 0.2) is 0 Å². The summed E-state index contributed by atoms with van der Waals surface area (Å²) in [6.07, 6.45) is 1.70. The van der Waals surface area contributed by atoms with Gasteiger partial charge in [-0.2, -0.15) is 0 Å². The number of carbonyl (C=O) groups is 2. The first-order chi connectivity index (χ1) is 8.68. The molecule has 0 fully saturated rings. The summed E-state index contributed by atoms with van der Waals surface area (Å²) in [6, 6.07) is -0.526. The highest BCUT2D eigenvalue weighted by Crippen LogP contribution is 2.12. The zero-order valence-corrected chi connectivity index (χ0v) is 12.7. The van der Waals surface area contributed by atoms with Crippen molar-refractivity contribution in [3.8, 4) is 0 Å². The second kappa shape index (κ2) is 8.15. The molecule has 0 aromatic heterocycles. The monoisotopic (exact) mass is 272 g/mol. The molecule has 0 saturated carbocycles. The van der Waals surface area contributed by atoms with Crippen LogP contribution in [0.4, 0.5) is 0 Å². The molecule has 0 radical (unpaired) electrons. The Bertz CT molecular complexity index is 298. The maximum Gasteiger partial charge on any atom is 0.242 e. The average molecular weight is 272 g/mol. The molecule has 3 N–H and O–H groups in total. The molecule has 0 saturated heterocycles. The van der Waals surface area contributed by atoms with Crippen molar-refractivity contribution in [3.63, 3.8) is 0 Å². The van der Waals surface area contributed by atoms with Crippen LogP contribution in [0.15, 0.2) is 0 Å². The Morgan fingerprint density at radius 3 is 2.26 bits per heavy atom. The predicted molar refractivity (Wildman–Crippen MR) is 75.6 cm³/mol. The lowest BCUT2D eigenvalue weighted by Crippen LogP contribution is -2.48. The second-order valence-corrected chi connectivity index (χ2v) is 6.17. The van der Waals surface area contributed by atoms with Crippen LogP contribution in [-0.4, -0.2) is 36.1 Å². The summed E-state index contributed by atoms with van der Waals surface area (Å²) in [6.45, 7) is 9.81. The Morgan fingerprint density at radius 2 is 1.79 bits per heavy atom. The minimum Gasteiger partial charge on any atom is -0.396 e. The SMILES string of the molecule is CC(CO)CCCNC(=O)C(C)NC(=O)C(C)(C)C. The van der Waals surface area contributed by atoms with Crippen molar-refractivity contribution in [2.24, 2.45) is 11.3 Å². The van der Waals surface area contributed by atoms with Crippen LogP contribution in [0.25, 0.3) is 0 Å². The zero-order chi connectivity index (χ0) is 15.1. The maximum absolute atomic E-state index is 11.7. The Hall–Kier alpha value is -1.10. The summed E-state index contributed by atoms with van der Waals surface area (Å²) >= 11 is 0. The van der Waals surface area contributed by atoms with Gasteiger partial charge in [-0.15, -0.1) is 0 Å². The van der Waals surface area contributed by atoms with E-state index in [0.717, 1.165) is 12.8 Å². The quantitative estimate of drug-likeness (QED) is 0.606. The molecule has 2 amide bonds. The number of hydrogen-bond acceptors (Lipinski definition) is 3. The van der Waals surface area contributed by atoms with Crippen LogP contribution < -0.4 is 10.6 Å². The highest BCUT2D eigenvalue weighted by molar-refractivity contribution is 5.89. The molecule has 0 aliphatic carbocycles. The molecule has 5 nitrogen and oxygen atoms in total. The van der Waals surface area contributed by atoms with Crippen LogP contribution in [0.3, 0.4) is 0 Å². The Labute approximate surface area is 116 Å². The maximum atomic E-state index is 11.7. The predicted octanol–water partition coefficient (Wildman–Crippen LogP) is 1.06. The van der Waals surface area contributed by atoms with E-state index in [-0.39, 0.29) is 24.3 Å².